The van der Waals surface area contributed by atoms with E-state index in [2.05, 4.69) is 5.32 Å². The number of hydrogen-bond donors (Lipinski definition) is 2. The maximum Gasteiger partial charge on any atom is 0.317 e. The van der Waals surface area contributed by atoms with Gasteiger partial charge in [-0.1, -0.05) is 0 Å². The molecule has 0 radical (unpaired) electrons. The van der Waals surface area contributed by atoms with Crippen molar-refractivity contribution < 1.29 is 29.0 Å². The van der Waals surface area contributed by atoms with Crippen molar-refractivity contribution in [1.82, 2.24) is 10.2 Å². The molecule has 1 unspecified atom stereocenters. The maximum absolute atomic E-state index is 12.6. The van der Waals surface area contributed by atoms with Crippen LogP contribution in [0.1, 0.15) is 12.8 Å². The van der Waals surface area contributed by atoms with E-state index in [1.165, 1.54) is 26.2 Å². The predicted octanol–water partition coefficient (Wildman–Crippen LogP) is 0.925. The third kappa shape index (κ3) is 4.56. The number of carboxylic acid groups (broad SMARTS) is 1. The zero-order valence-electron chi connectivity index (χ0n) is 15.0. The first-order valence-corrected chi connectivity index (χ1v) is 8.13. The molecule has 9 nitrogen and oxygen atoms in total. The molecule has 0 aromatic heterocycles. The number of amides is 3. The summed E-state index contributed by atoms with van der Waals surface area (Å²) < 4.78 is 10.4. The molecule has 2 rings (SSSR count). The van der Waals surface area contributed by atoms with E-state index < -0.39 is 18.0 Å². The monoisotopic (exact) mass is 365 g/mol. The number of urea groups is 1. The van der Waals surface area contributed by atoms with Gasteiger partial charge in [-0.3, -0.25) is 9.59 Å². The lowest BCUT2D eigenvalue weighted by atomic mass is 10.2. The van der Waals surface area contributed by atoms with Gasteiger partial charge in [0.2, 0.25) is 5.91 Å². The van der Waals surface area contributed by atoms with Crippen LogP contribution < -0.4 is 19.7 Å². The molecular weight excluding hydrogens is 342 g/mol. The van der Waals surface area contributed by atoms with Gasteiger partial charge in [0.05, 0.1) is 26.3 Å². The smallest absolute Gasteiger partial charge is 0.317 e. The first-order chi connectivity index (χ1) is 12.3. The molecule has 0 saturated carbocycles. The van der Waals surface area contributed by atoms with Crippen LogP contribution >= 0.6 is 0 Å². The third-order valence-electron chi connectivity index (χ3n) is 4.16. The van der Waals surface area contributed by atoms with Gasteiger partial charge in [0.25, 0.3) is 0 Å². The van der Waals surface area contributed by atoms with Crippen molar-refractivity contribution in [2.75, 3.05) is 39.3 Å². The number of nitrogens with zero attached hydrogens (tertiary/aromatic N) is 2. The van der Waals surface area contributed by atoms with Crippen LogP contribution in [0.25, 0.3) is 0 Å². The molecule has 0 spiro atoms. The summed E-state index contributed by atoms with van der Waals surface area (Å²) in [5, 5.41) is 11.3. The summed E-state index contributed by atoms with van der Waals surface area (Å²) in [6, 6.07) is 4.02. The standard InChI is InChI=1S/C17H23N3O6/c1-19(6-5-15(21)22)17(24)18-14-4-7-20(16(14)23)11-8-12(25-2)10-13(9-11)26-3/h8-10,14H,4-7H2,1-3H3,(H,18,24)(H,21,22). The molecule has 1 fully saturated rings. The lowest BCUT2D eigenvalue weighted by molar-refractivity contribution is -0.137. The minimum absolute atomic E-state index is 0.0683. The minimum atomic E-state index is -0.986. The van der Waals surface area contributed by atoms with E-state index in [4.69, 9.17) is 14.6 Å². The van der Waals surface area contributed by atoms with Crippen LogP contribution in [0.4, 0.5) is 10.5 Å². The Morgan fingerprint density at radius 1 is 1.27 bits per heavy atom. The maximum atomic E-state index is 12.6. The summed E-state index contributed by atoms with van der Waals surface area (Å²) in [5.41, 5.74) is 0.627. The van der Waals surface area contributed by atoms with Gasteiger partial charge in [-0.15, -0.1) is 0 Å². The fourth-order valence-electron chi connectivity index (χ4n) is 2.64. The number of benzene rings is 1. The molecule has 1 aliphatic rings. The highest BCUT2D eigenvalue weighted by molar-refractivity contribution is 6.01. The fraction of sp³-hybridized carbons (Fsp3) is 0.471. The Hall–Kier alpha value is -2.97. The summed E-state index contributed by atoms with van der Waals surface area (Å²) in [7, 11) is 4.54. The summed E-state index contributed by atoms with van der Waals surface area (Å²) in [5.74, 6) is -0.0962. The molecule has 9 heteroatoms. The number of aliphatic carboxylic acids is 1. The Morgan fingerprint density at radius 3 is 2.42 bits per heavy atom. The molecular formula is C17H23N3O6. The highest BCUT2D eigenvalue weighted by Crippen LogP contribution is 2.30. The Bertz CT molecular complexity index is 671. The van der Waals surface area contributed by atoms with E-state index in [0.717, 1.165) is 0 Å². The molecule has 1 aliphatic heterocycles. The number of methoxy groups -OCH3 is 2. The minimum Gasteiger partial charge on any atom is -0.497 e. The van der Waals surface area contributed by atoms with Crippen LogP contribution in [0.5, 0.6) is 11.5 Å². The second-order valence-corrected chi connectivity index (χ2v) is 5.92. The Kier molecular flexibility index (Phi) is 6.26. The van der Waals surface area contributed by atoms with Crippen molar-refractivity contribution in [2.24, 2.45) is 0 Å². The van der Waals surface area contributed by atoms with Gasteiger partial charge in [0.1, 0.15) is 17.5 Å². The Morgan fingerprint density at radius 2 is 1.88 bits per heavy atom. The van der Waals surface area contributed by atoms with Crippen LogP contribution in [0.15, 0.2) is 18.2 Å². The highest BCUT2D eigenvalue weighted by atomic mass is 16.5. The summed E-state index contributed by atoms with van der Waals surface area (Å²) in [6.45, 7) is 0.512. The summed E-state index contributed by atoms with van der Waals surface area (Å²) in [4.78, 5) is 38.2. The average Bonchev–Trinajstić information content (AvgIpc) is 2.99. The number of hydrogen-bond acceptors (Lipinski definition) is 5. The zero-order chi connectivity index (χ0) is 19.3. The van der Waals surface area contributed by atoms with Crippen molar-refractivity contribution in [2.45, 2.75) is 18.9 Å². The Balaban J connectivity index is 2.03. The van der Waals surface area contributed by atoms with Crippen molar-refractivity contribution in [3.63, 3.8) is 0 Å². The van der Waals surface area contributed by atoms with Crippen molar-refractivity contribution in [1.29, 1.82) is 0 Å². The summed E-state index contributed by atoms with van der Waals surface area (Å²) >= 11 is 0. The van der Waals surface area contributed by atoms with Crippen LogP contribution in [0, 0.1) is 0 Å². The van der Waals surface area contributed by atoms with E-state index in [-0.39, 0.29) is 18.9 Å². The van der Waals surface area contributed by atoms with Gasteiger partial charge < -0.3 is 29.7 Å². The van der Waals surface area contributed by atoms with Crippen LogP contribution in [0.3, 0.4) is 0 Å². The van der Waals surface area contributed by atoms with Gasteiger partial charge in [0.15, 0.2) is 0 Å². The van der Waals surface area contributed by atoms with Crippen molar-refractivity contribution >= 4 is 23.6 Å². The SMILES string of the molecule is COc1cc(OC)cc(N2CCC(NC(=O)N(C)CCC(=O)O)C2=O)c1. The molecule has 1 saturated heterocycles. The third-order valence-corrected chi connectivity index (χ3v) is 4.16. The zero-order valence-corrected chi connectivity index (χ0v) is 15.0. The average molecular weight is 365 g/mol. The van der Waals surface area contributed by atoms with E-state index >= 15 is 0 Å². The number of ether oxygens (including phenoxy) is 2. The number of carbonyl (C=O) groups is 3. The quantitative estimate of drug-likeness (QED) is 0.744. The summed E-state index contributed by atoms with van der Waals surface area (Å²) in [6.07, 6.45) is 0.301. The lowest BCUT2D eigenvalue weighted by Crippen LogP contribution is -2.47. The number of carboxylic acids is 1. The fourth-order valence-corrected chi connectivity index (χ4v) is 2.64. The molecule has 0 bridgehead atoms. The first kappa shape index (κ1) is 19.4. The number of carbonyl (C=O) groups excluding carboxylic acids is 2. The predicted molar refractivity (Wildman–Crippen MR) is 93.7 cm³/mol. The molecule has 1 aromatic carbocycles. The molecule has 142 valence electrons. The number of rotatable bonds is 7. The van der Waals surface area contributed by atoms with Gasteiger partial charge in [0, 0.05) is 38.3 Å². The normalized spacial score (nSPS) is 16.3. The molecule has 0 aliphatic carbocycles. The van der Waals surface area contributed by atoms with Gasteiger partial charge >= 0.3 is 12.0 Å². The Labute approximate surface area is 151 Å². The molecule has 1 heterocycles. The van der Waals surface area contributed by atoms with Crippen LogP contribution in [-0.2, 0) is 9.59 Å². The van der Waals surface area contributed by atoms with E-state index in [9.17, 15) is 14.4 Å². The molecule has 1 aromatic rings. The number of anilines is 1. The van der Waals surface area contributed by atoms with E-state index in [1.807, 2.05) is 0 Å². The van der Waals surface area contributed by atoms with Crippen LogP contribution in [0.2, 0.25) is 0 Å². The molecule has 1 atom stereocenters. The van der Waals surface area contributed by atoms with E-state index in [0.29, 0.717) is 30.2 Å². The van der Waals surface area contributed by atoms with E-state index in [1.54, 1.807) is 23.1 Å². The van der Waals surface area contributed by atoms with Gasteiger partial charge in [-0.05, 0) is 6.42 Å². The topological polar surface area (TPSA) is 108 Å². The molecule has 3 amide bonds. The van der Waals surface area contributed by atoms with Gasteiger partial charge in [-0.25, -0.2) is 4.79 Å². The first-order valence-electron chi connectivity index (χ1n) is 8.13. The van der Waals surface area contributed by atoms with Crippen molar-refractivity contribution in [3.8, 4) is 11.5 Å². The second kappa shape index (κ2) is 8.41. The van der Waals surface area contributed by atoms with Gasteiger partial charge in [-0.2, -0.15) is 0 Å². The van der Waals surface area contributed by atoms with Crippen LogP contribution in [-0.4, -0.2) is 68.3 Å². The molecule has 2 N–H and O–H groups in total. The second-order valence-electron chi connectivity index (χ2n) is 5.92. The largest absolute Gasteiger partial charge is 0.497 e. The van der Waals surface area contributed by atoms with Crippen molar-refractivity contribution in [3.05, 3.63) is 18.2 Å². The highest BCUT2D eigenvalue weighted by Gasteiger charge is 2.34. The molecule has 26 heavy (non-hydrogen) atoms. The number of nitrogens with one attached hydrogen (secondary N) is 1. The lowest BCUT2D eigenvalue weighted by Gasteiger charge is -2.21.